The minimum Gasteiger partial charge on any atom is -0.467 e. The third-order valence-corrected chi connectivity index (χ3v) is 2.22. The summed E-state index contributed by atoms with van der Waals surface area (Å²) in [6.07, 6.45) is 0. The number of methoxy groups -OCH3 is 1. The molecule has 0 fully saturated rings. The van der Waals surface area contributed by atoms with Crippen LogP contribution >= 0.6 is 0 Å². The summed E-state index contributed by atoms with van der Waals surface area (Å²) < 4.78 is 4.61. The lowest BCUT2D eigenvalue weighted by molar-refractivity contribution is -0.145. The Balaban J connectivity index is 4.37. The fourth-order valence-electron chi connectivity index (χ4n) is 1.07. The molecule has 1 unspecified atom stereocenters. The predicted molar refractivity (Wildman–Crippen MR) is 57.4 cm³/mol. The molecule has 0 spiro atoms. The van der Waals surface area contributed by atoms with E-state index in [-0.39, 0.29) is 5.91 Å². The Morgan fingerprint density at radius 1 is 1.40 bits per heavy atom. The molecule has 5 heteroatoms. The van der Waals surface area contributed by atoms with Gasteiger partial charge < -0.3 is 15.0 Å². The van der Waals surface area contributed by atoms with Gasteiger partial charge in [-0.15, -0.1) is 0 Å². The van der Waals surface area contributed by atoms with Crippen LogP contribution in [-0.2, 0) is 14.3 Å². The number of hydrogen-bond acceptors (Lipinski definition) is 4. The van der Waals surface area contributed by atoms with Gasteiger partial charge in [-0.05, 0) is 20.9 Å². The Morgan fingerprint density at radius 3 is 2.27 bits per heavy atom. The Hall–Kier alpha value is -1.10. The highest BCUT2D eigenvalue weighted by molar-refractivity contribution is 5.83. The smallest absolute Gasteiger partial charge is 0.329 e. The summed E-state index contributed by atoms with van der Waals surface area (Å²) in [6.45, 7) is 5.86. The first kappa shape index (κ1) is 13.9. The van der Waals surface area contributed by atoms with Crippen molar-refractivity contribution < 1.29 is 14.3 Å². The minimum absolute atomic E-state index is 0.234. The third-order valence-electron chi connectivity index (χ3n) is 2.22. The van der Waals surface area contributed by atoms with Gasteiger partial charge in [0.25, 0.3) is 0 Å². The van der Waals surface area contributed by atoms with Crippen molar-refractivity contribution in [2.45, 2.75) is 32.9 Å². The van der Waals surface area contributed by atoms with E-state index in [2.05, 4.69) is 10.1 Å². The molecule has 0 saturated carbocycles. The normalized spacial score (nSPS) is 12.7. The second kappa shape index (κ2) is 6.40. The third kappa shape index (κ3) is 5.37. The zero-order chi connectivity index (χ0) is 12.0. The number of esters is 1. The lowest BCUT2D eigenvalue weighted by Gasteiger charge is -2.25. The molecule has 5 nitrogen and oxygen atoms in total. The van der Waals surface area contributed by atoms with Gasteiger partial charge in [0.1, 0.15) is 6.04 Å². The van der Waals surface area contributed by atoms with E-state index in [1.165, 1.54) is 14.0 Å². The van der Waals surface area contributed by atoms with Crippen molar-refractivity contribution in [3.05, 3.63) is 0 Å². The number of likely N-dealkylation sites (N-methyl/N-ethyl adjacent to an activating group) is 1. The zero-order valence-corrected chi connectivity index (χ0v) is 10.0. The topological polar surface area (TPSA) is 58.6 Å². The largest absolute Gasteiger partial charge is 0.467 e. The molecule has 1 N–H and O–H groups in total. The summed E-state index contributed by atoms with van der Waals surface area (Å²) in [5.74, 6) is -0.653. The zero-order valence-electron chi connectivity index (χ0n) is 10.0. The summed E-state index contributed by atoms with van der Waals surface area (Å²) in [5.41, 5.74) is 0. The lowest BCUT2D eigenvalue weighted by atomic mass is 10.2. The summed E-state index contributed by atoms with van der Waals surface area (Å²) in [7, 11) is 3.20. The number of hydrogen-bond donors (Lipinski definition) is 1. The van der Waals surface area contributed by atoms with Crippen molar-refractivity contribution in [2.24, 2.45) is 0 Å². The maximum Gasteiger partial charge on any atom is 0.329 e. The highest BCUT2D eigenvalue weighted by Gasteiger charge is 2.22. The van der Waals surface area contributed by atoms with Gasteiger partial charge in [-0.3, -0.25) is 4.79 Å². The molecule has 0 saturated heterocycles. The second-order valence-electron chi connectivity index (χ2n) is 3.81. The van der Waals surface area contributed by atoms with E-state index in [0.29, 0.717) is 12.6 Å². The summed E-state index contributed by atoms with van der Waals surface area (Å²) in [5, 5.41) is 2.56. The van der Waals surface area contributed by atoms with Crippen LogP contribution < -0.4 is 5.32 Å². The highest BCUT2D eigenvalue weighted by Crippen LogP contribution is 1.98. The van der Waals surface area contributed by atoms with E-state index < -0.39 is 12.0 Å². The van der Waals surface area contributed by atoms with Crippen LogP contribution in [0.1, 0.15) is 20.8 Å². The van der Waals surface area contributed by atoms with Crippen molar-refractivity contribution in [1.29, 1.82) is 0 Å². The van der Waals surface area contributed by atoms with Gasteiger partial charge in [0.05, 0.1) is 7.11 Å². The maximum absolute atomic E-state index is 11.3. The summed E-state index contributed by atoms with van der Waals surface area (Å²) in [6, 6.07) is -0.286. The van der Waals surface area contributed by atoms with E-state index in [4.69, 9.17) is 0 Å². The molecule has 0 heterocycles. The monoisotopic (exact) mass is 216 g/mol. The first-order valence-electron chi connectivity index (χ1n) is 4.93. The number of carbonyl (C=O) groups excluding carboxylic acids is 2. The van der Waals surface area contributed by atoms with E-state index >= 15 is 0 Å². The number of rotatable bonds is 5. The summed E-state index contributed by atoms with van der Waals surface area (Å²) in [4.78, 5) is 24.2. The second-order valence-corrected chi connectivity index (χ2v) is 3.81. The molecule has 0 radical (unpaired) electrons. The van der Waals surface area contributed by atoms with Gasteiger partial charge in [-0.2, -0.15) is 0 Å². The van der Waals surface area contributed by atoms with E-state index in [1.54, 1.807) is 0 Å². The average Bonchev–Trinajstić information content (AvgIpc) is 2.14. The molecule has 0 bridgehead atoms. The van der Waals surface area contributed by atoms with Gasteiger partial charge in [0.15, 0.2) is 0 Å². The standard InChI is InChI=1S/C10H20N2O3/c1-7(2)12(4)6-9(10(14)15-5)11-8(3)13/h7,9H,6H2,1-5H3,(H,11,13). The van der Waals surface area contributed by atoms with E-state index in [0.717, 1.165) is 0 Å². The van der Waals surface area contributed by atoms with Crippen molar-refractivity contribution in [3.63, 3.8) is 0 Å². The number of amides is 1. The molecule has 0 aromatic carbocycles. The lowest BCUT2D eigenvalue weighted by Crippen LogP contribution is -2.48. The molecule has 1 atom stereocenters. The van der Waals surface area contributed by atoms with Crippen LogP contribution in [0.25, 0.3) is 0 Å². The Kier molecular flexibility index (Phi) is 5.93. The van der Waals surface area contributed by atoms with Crippen LogP contribution in [0.3, 0.4) is 0 Å². The van der Waals surface area contributed by atoms with Gasteiger partial charge in [0, 0.05) is 19.5 Å². The van der Waals surface area contributed by atoms with Crippen LogP contribution in [0.2, 0.25) is 0 Å². The molecular formula is C10H20N2O3. The number of nitrogens with one attached hydrogen (secondary N) is 1. The Morgan fingerprint density at radius 2 is 1.93 bits per heavy atom. The SMILES string of the molecule is COC(=O)C(CN(C)C(C)C)NC(C)=O. The van der Waals surface area contributed by atoms with Crippen molar-refractivity contribution >= 4 is 11.9 Å². The van der Waals surface area contributed by atoms with Gasteiger partial charge in [-0.25, -0.2) is 4.79 Å². The average molecular weight is 216 g/mol. The van der Waals surface area contributed by atoms with Crippen LogP contribution in [0, 0.1) is 0 Å². The van der Waals surface area contributed by atoms with Crippen molar-refractivity contribution in [3.8, 4) is 0 Å². The number of ether oxygens (including phenoxy) is 1. The van der Waals surface area contributed by atoms with Gasteiger partial charge in [-0.1, -0.05) is 0 Å². The highest BCUT2D eigenvalue weighted by atomic mass is 16.5. The minimum atomic E-state index is -0.597. The first-order valence-corrected chi connectivity index (χ1v) is 4.93. The van der Waals surface area contributed by atoms with Crippen LogP contribution in [0.4, 0.5) is 0 Å². The van der Waals surface area contributed by atoms with Crippen LogP contribution in [0.5, 0.6) is 0 Å². The predicted octanol–water partition coefficient (Wildman–Crippen LogP) is 0.00430. The molecular weight excluding hydrogens is 196 g/mol. The summed E-state index contributed by atoms with van der Waals surface area (Å²) >= 11 is 0. The number of nitrogens with zero attached hydrogens (tertiary/aromatic N) is 1. The molecule has 0 aromatic heterocycles. The maximum atomic E-state index is 11.3. The molecule has 88 valence electrons. The van der Waals surface area contributed by atoms with E-state index in [1.807, 2.05) is 25.8 Å². The Labute approximate surface area is 90.8 Å². The number of carbonyl (C=O) groups is 2. The van der Waals surface area contributed by atoms with Crippen molar-refractivity contribution in [1.82, 2.24) is 10.2 Å². The fourth-order valence-corrected chi connectivity index (χ4v) is 1.07. The molecule has 0 rings (SSSR count). The molecule has 0 aliphatic heterocycles. The molecule has 0 aliphatic carbocycles. The van der Waals surface area contributed by atoms with E-state index in [9.17, 15) is 9.59 Å². The fraction of sp³-hybridized carbons (Fsp3) is 0.800. The molecule has 0 aliphatic rings. The van der Waals surface area contributed by atoms with Crippen molar-refractivity contribution in [2.75, 3.05) is 20.7 Å². The molecule has 1 amide bonds. The van der Waals surface area contributed by atoms with Gasteiger partial charge in [0.2, 0.25) is 5.91 Å². The quantitative estimate of drug-likeness (QED) is 0.657. The van der Waals surface area contributed by atoms with Crippen LogP contribution in [-0.4, -0.2) is 49.6 Å². The van der Waals surface area contributed by atoms with Gasteiger partial charge >= 0.3 is 5.97 Å². The molecule has 0 aromatic rings. The first-order chi connectivity index (χ1) is 6.88. The molecule has 15 heavy (non-hydrogen) atoms. The van der Waals surface area contributed by atoms with Crippen LogP contribution in [0.15, 0.2) is 0 Å². The Bertz CT molecular complexity index is 229.